The third-order valence-corrected chi connectivity index (χ3v) is 13.0. The van der Waals surface area contributed by atoms with Crippen LogP contribution in [-0.4, -0.2) is 35.4 Å². The van der Waals surface area contributed by atoms with Gasteiger partial charge in [0.1, 0.15) is 12.7 Å². The SMILES string of the molecule is CC(=O)O[C@@H]1C[C@@H](C)[C@](O)(CCC2=CC(=O)OC2)[C@@]2(CCC[C@H](C)CCCc3ccccc3)CCC[C@@](C)(C3CCCCC3)[C@H]12. The van der Waals surface area contributed by atoms with Gasteiger partial charge in [0.15, 0.2) is 0 Å². The average Bonchev–Trinajstić information content (AvgIpc) is 3.44. The summed E-state index contributed by atoms with van der Waals surface area (Å²) in [5.74, 6) is 0.903. The lowest BCUT2D eigenvalue weighted by Crippen LogP contribution is -2.69. The van der Waals surface area contributed by atoms with Crippen LogP contribution in [0.3, 0.4) is 0 Å². The van der Waals surface area contributed by atoms with E-state index in [4.69, 9.17) is 9.47 Å². The highest BCUT2D eigenvalue weighted by atomic mass is 16.5. The van der Waals surface area contributed by atoms with Crippen molar-refractivity contribution >= 4 is 11.9 Å². The van der Waals surface area contributed by atoms with E-state index in [9.17, 15) is 14.7 Å². The molecule has 0 spiro atoms. The lowest BCUT2D eigenvalue weighted by molar-refractivity contribution is -0.270. The molecule has 0 saturated heterocycles. The molecule has 3 aliphatic carbocycles. The van der Waals surface area contributed by atoms with E-state index in [2.05, 4.69) is 51.1 Å². The fourth-order valence-corrected chi connectivity index (χ4v) is 10.8. The zero-order valence-corrected chi connectivity index (χ0v) is 28.7. The molecule has 1 aromatic rings. The summed E-state index contributed by atoms with van der Waals surface area (Å²) in [5.41, 5.74) is 1.21. The molecule has 4 aliphatic rings. The lowest BCUT2D eigenvalue weighted by Gasteiger charge is -2.68. The monoisotopic (exact) mass is 620 g/mol. The molecule has 45 heavy (non-hydrogen) atoms. The Morgan fingerprint density at radius 3 is 2.44 bits per heavy atom. The van der Waals surface area contributed by atoms with E-state index in [0.717, 1.165) is 50.5 Å². The Labute approximate surface area is 272 Å². The Morgan fingerprint density at radius 1 is 1.02 bits per heavy atom. The number of benzene rings is 1. The molecule has 0 amide bonds. The van der Waals surface area contributed by atoms with Gasteiger partial charge < -0.3 is 14.6 Å². The summed E-state index contributed by atoms with van der Waals surface area (Å²) in [7, 11) is 0. The molecule has 7 atom stereocenters. The summed E-state index contributed by atoms with van der Waals surface area (Å²) < 4.78 is 11.6. The maximum absolute atomic E-state index is 13.2. The number of esters is 2. The highest BCUT2D eigenvalue weighted by molar-refractivity contribution is 5.85. The van der Waals surface area contributed by atoms with Crippen molar-refractivity contribution in [2.24, 2.45) is 34.5 Å². The van der Waals surface area contributed by atoms with E-state index >= 15 is 0 Å². The molecule has 250 valence electrons. The van der Waals surface area contributed by atoms with Crippen molar-refractivity contribution in [2.75, 3.05) is 6.61 Å². The number of rotatable bonds is 13. The van der Waals surface area contributed by atoms with Crippen LogP contribution < -0.4 is 0 Å². The van der Waals surface area contributed by atoms with Crippen LogP contribution >= 0.6 is 0 Å². The van der Waals surface area contributed by atoms with Gasteiger partial charge in [-0.2, -0.15) is 0 Å². The number of carbonyl (C=O) groups is 2. The van der Waals surface area contributed by atoms with Gasteiger partial charge in [-0.3, -0.25) is 4.79 Å². The number of hydrogen-bond acceptors (Lipinski definition) is 5. The zero-order valence-electron chi connectivity index (χ0n) is 28.7. The number of cyclic esters (lactones) is 1. The van der Waals surface area contributed by atoms with Gasteiger partial charge in [0.2, 0.25) is 0 Å². The van der Waals surface area contributed by atoms with Crippen molar-refractivity contribution in [2.45, 2.75) is 149 Å². The molecule has 5 heteroatoms. The van der Waals surface area contributed by atoms with E-state index in [1.165, 1.54) is 50.5 Å². The Morgan fingerprint density at radius 2 is 1.76 bits per heavy atom. The van der Waals surface area contributed by atoms with Crippen LogP contribution in [0, 0.1) is 34.5 Å². The molecule has 1 aliphatic heterocycles. The van der Waals surface area contributed by atoms with Crippen LogP contribution in [0.5, 0.6) is 0 Å². The Bertz CT molecular complexity index is 1170. The highest BCUT2D eigenvalue weighted by Crippen LogP contribution is 2.69. The minimum absolute atomic E-state index is 0.00581. The van der Waals surface area contributed by atoms with Crippen molar-refractivity contribution in [3.63, 3.8) is 0 Å². The van der Waals surface area contributed by atoms with Gasteiger partial charge in [0.25, 0.3) is 0 Å². The van der Waals surface area contributed by atoms with E-state index in [1.807, 2.05) is 0 Å². The highest BCUT2D eigenvalue weighted by Gasteiger charge is 2.68. The molecule has 0 radical (unpaired) electrons. The number of hydrogen-bond donors (Lipinski definition) is 1. The quantitative estimate of drug-likeness (QED) is 0.223. The van der Waals surface area contributed by atoms with Crippen LogP contribution in [0.2, 0.25) is 0 Å². The maximum Gasteiger partial charge on any atom is 0.331 e. The number of aryl methyl sites for hydroxylation is 1. The van der Waals surface area contributed by atoms with Gasteiger partial charge in [0, 0.05) is 24.3 Å². The third-order valence-electron chi connectivity index (χ3n) is 13.0. The second-order valence-electron chi connectivity index (χ2n) is 15.8. The van der Waals surface area contributed by atoms with Crippen molar-refractivity contribution in [3.05, 3.63) is 47.5 Å². The van der Waals surface area contributed by atoms with Crippen molar-refractivity contribution in [1.29, 1.82) is 0 Å². The Balaban J connectivity index is 1.42. The summed E-state index contributed by atoms with van der Waals surface area (Å²) in [6, 6.07) is 10.8. The first kappa shape index (κ1) is 34.2. The summed E-state index contributed by atoms with van der Waals surface area (Å²) in [6.45, 7) is 9.00. The normalized spacial score (nSPS) is 34.5. The smallest absolute Gasteiger partial charge is 0.331 e. The first-order valence-corrected chi connectivity index (χ1v) is 18.4. The van der Waals surface area contributed by atoms with E-state index < -0.39 is 5.60 Å². The Hall–Kier alpha value is -2.14. The van der Waals surface area contributed by atoms with Gasteiger partial charge in [-0.1, -0.05) is 96.0 Å². The lowest BCUT2D eigenvalue weighted by atomic mass is 9.39. The Kier molecular flexibility index (Phi) is 11.2. The topological polar surface area (TPSA) is 72.8 Å². The molecule has 0 aromatic heterocycles. The predicted octanol–water partition coefficient (Wildman–Crippen LogP) is 9.15. The van der Waals surface area contributed by atoms with Crippen molar-refractivity contribution < 1.29 is 24.2 Å². The van der Waals surface area contributed by atoms with Crippen molar-refractivity contribution in [3.8, 4) is 0 Å². The summed E-state index contributed by atoms with van der Waals surface area (Å²) in [5, 5.41) is 13.2. The number of carbonyl (C=O) groups excluding carboxylic acids is 2. The first-order chi connectivity index (χ1) is 21.6. The van der Waals surface area contributed by atoms with Crippen LogP contribution in [0.1, 0.15) is 136 Å². The number of fused-ring (bicyclic) bond motifs is 1. The minimum Gasteiger partial charge on any atom is -0.462 e. The molecule has 0 unspecified atom stereocenters. The molecule has 1 aromatic carbocycles. The number of ether oxygens (including phenoxy) is 2. The van der Waals surface area contributed by atoms with Crippen LogP contribution in [0.25, 0.3) is 0 Å². The molecule has 1 heterocycles. The van der Waals surface area contributed by atoms with E-state index in [1.54, 1.807) is 13.0 Å². The predicted molar refractivity (Wildman–Crippen MR) is 179 cm³/mol. The van der Waals surface area contributed by atoms with E-state index in [-0.39, 0.29) is 40.7 Å². The van der Waals surface area contributed by atoms with Gasteiger partial charge in [-0.25, -0.2) is 4.79 Å². The molecule has 5 nitrogen and oxygen atoms in total. The molecule has 1 N–H and O–H groups in total. The third kappa shape index (κ3) is 7.39. The summed E-state index contributed by atoms with van der Waals surface area (Å²) in [6.07, 6.45) is 19.8. The maximum atomic E-state index is 13.2. The fourth-order valence-electron chi connectivity index (χ4n) is 10.8. The minimum atomic E-state index is -0.895. The molecule has 5 rings (SSSR count). The molecular formula is C40H60O5. The van der Waals surface area contributed by atoms with E-state index in [0.29, 0.717) is 37.7 Å². The van der Waals surface area contributed by atoms with Gasteiger partial charge >= 0.3 is 11.9 Å². The number of aliphatic hydroxyl groups is 1. The largest absolute Gasteiger partial charge is 0.462 e. The molecular weight excluding hydrogens is 560 g/mol. The zero-order chi connectivity index (χ0) is 32.1. The standard InChI is InChI=1S/C40H60O5/c1-29(14-11-18-32-16-7-5-8-17-32)15-12-23-39-24-13-22-38(4,34-19-9-6-10-20-34)37(39)35(45-31(3)41)26-30(2)40(39,43)25-21-33-27-36(42)44-28-33/h5,7-8,16-17,27,29-30,34-35,37,43H,6,9-15,18-26,28H2,1-4H3/t29-,30-,35-,37+,38+,39+,40-/m1/s1. The van der Waals surface area contributed by atoms with Crippen LogP contribution in [0.4, 0.5) is 0 Å². The molecule has 3 fully saturated rings. The van der Waals surface area contributed by atoms with Gasteiger partial charge in [-0.05, 0) is 98.5 Å². The molecule has 0 bridgehead atoms. The molecule has 3 saturated carbocycles. The van der Waals surface area contributed by atoms with Crippen LogP contribution in [-0.2, 0) is 25.5 Å². The summed E-state index contributed by atoms with van der Waals surface area (Å²) >= 11 is 0. The first-order valence-electron chi connectivity index (χ1n) is 18.4. The van der Waals surface area contributed by atoms with Gasteiger partial charge in [-0.15, -0.1) is 0 Å². The van der Waals surface area contributed by atoms with Gasteiger partial charge in [0.05, 0.1) is 5.60 Å². The second kappa shape index (κ2) is 14.7. The second-order valence-corrected chi connectivity index (χ2v) is 15.8. The van der Waals surface area contributed by atoms with Crippen LogP contribution in [0.15, 0.2) is 42.0 Å². The van der Waals surface area contributed by atoms with Crippen molar-refractivity contribution in [1.82, 2.24) is 0 Å². The fraction of sp³-hybridized carbons (Fsp3) is 0.750. The average molecular weight is 621 g/mol. The summed E-state index contributed by atoms with van der Waals surface area (Å²) in [4.78, 5) is 24.5.